The van der Waals surface area contributed by atoms with Gasteiger partial charge in [0.2, 0.25) is 0 Å². The van der Waals surface area contributed by atoms with Crippen molar-refractivity contribution in [2.24, 2.45) is 4.99 Å². The fourth-order valence-corrected chi connectivity index (χ4v) is 3.99. The molecule has 5 nitrogen and oxygen atoms in total. The Balaban J connectivity index is 1.31. The molecule has 0 radical (unpaired) electrons. The van der Waals surface area contributed by atoms with Gasteiger partial charge in [-0.25, -0.2) is 0 Å². The zero-order valence-electron chi connectivity index (χ0n) is 15.9. The molecular formula is C22H28N4O. The SMILES string of the molecule is CN=C(NCC1CCOc2ccccc21)NC1CCN(c2ccccc2)C1. The van der Waals surface area contributed by atoms with Crippen molar-refractivity contribution < 1.29 is 4.74 Å². The second-order valence-electron chi connectivity index (χ2n) is 7.24. The van der Waals surface area contributed by atoms with Gasteiger partial charge in [-0.1, -0.05) is 36.4 Å². The largest absolute Gasteiger partial charge is 0.493 e. The van der Waals surface area contributed by atoms with Crippen molar-refractivity contribution in [3.8, 4) is 5.75 Å². The summed E-state index contributed by atoms with van der Waals surface area (Å²) < 4.78 is 5.77. The van der Waals surface area contributed by atoms with Gasteiger partial charge < -0.3 is 20.3 Å². The van der Waals surface area contributed by atoms with Crippen LogP contribution < -0.4 is 20.3 Å². The average Bonchev–Trinajstić information content (AvgIpc) is 3.20. The predicted molar refractivity (Wildman–Crippen MR) is 111 cm³/mol. The molecule has 27 heavy (non-hydrogen) atoms. The first kappa shape index (κ1) is 17.7. The van der Waals surface area contributed by atoms with Crippen LogP contribution in [0, 0.1) is 0 Å². The summed E-state index contributed by atoms with van der Waals surface area (Å²) in [7, 11) is 1.84. The number of nitrogens with one attached hydrogen (secondary N) is 2. The minimum Gasteiger partial charge on any atom is -0.493 e. The van der Waals surface area contributed by atoms with E-state index in [1.165, 1.54) is 11.3 Å². The second-order valence-corrected chi connectivity index (χ2v) is 7.24. The fourth-order valence-electron chi connectivity index (χ4n) is 3.99. The lowest BCUT2D eigenvalue weighted by molar-refractivity contribution is 0.267. The zero-order valence-corrected chi connectivity index (χ0v) is 15.9. The first-order valence-electron chi connectivity index (χ1n) is 9.82. The molecule has 0 amide bonds. The third-order valence-electron chi connectivity index (χ3n) is 5.47. The first-order chi connectivity index (χ1) is 13.3. The number of hydrogen-bond acceptors (Lipinski definition) is 3. The third kappa shape index (κ3) is 4.18. The number of anilines is 1. The van der Waals surface area contributed by atoms with E-state index in [1.54, 1.807) is 0 Å². The van der Waals surface area contributed by atoms with Gasteiger partial charge in [0.25, 0.3) is 0 Å². The van der Waals surface area contributed by atoms with Gasteiger partial charge in [-0.2, -0.15) is 0 Å². The van der Waals surface area contributed by atoms with Crippen LogP contribution in [0.2, 0.25) is 0 Å². The van der Waals surface area contributed by atoms with Crippen molar-refractivity contribution in [2.75, 3.05) is 38.2 Å². The minimum atomic E-state index is 0.415. The van der Waals surface area contributed by atoms with Crippen molar-refractivity contribution in [1.82, 2.24) is 10.6 Å². The lowest BCUT2D eigenvalue weighted by atomic mass is 9.93. The molecule has 0 aromatic heterocycles. The lowest BCUT2D eigenvalue weighted by Gasteiger charge is -2.27. The minimum absolute atomic E-state index is 0.415. The average molecular weight is 364 g/mol. The van der Waals surface area contributed by atoms with Gasteiger partial charge in [-0.15, -0.1) is 0 Å². The fraction of sp³-hybridized carbons (Fsp3) is 0.409. The highest BCUT2D eigenvalue weighted by atomic mass is 16.5. The third-order valence-corrected chi connectivity index (χ3v) is 5.47. The van der Waals surface area contributed by atoms with Crippen molar-refractivity contribution in [2.45, 2.75) is 24.8 Å². The molecule has 2 aromatic carbocycles. The van der Waals surface area contributed by atoms with E-state index in [2.05, 4.69) is 69.1 Å². The molecule has 2 atom stereocenters. The van der Waals surface area contributed by atoms with E-state index in [0.717, 1.165) is 50.8 Å². The van der Waals surface area contributed by atoms with Crippen molar-refractivity contribution in [1.29, 1.82) is 0 Å². The zero-order chi connectivity index (χ0) is 18.5. The van der Waals surface area contributed by atoms with Crippen LogP contribution in [0.25, 0.3) is 0 Å². The highest BCUT2D eigenvalue weighted by Gasteiger charge is 2.24. The number of aliphatic imine (C=N–C) groups is 1. The molecule has 1 saturated heterocycles. The maximum atomic E-state index is 5.77. The van der Waals surface area contributed by atoms with Gasteiger partial charge in [-0.05, 0) is 36.6 Å². The number of guanidine groups is 1. The van der Waals surface area contributed by atoms with Gasteiger partial charge in [0.15, 0.2) is 5.96 Å². The number of benzene rings is 2. The molecule has 0 bridgehead atoms. The van der Waals surface area contributed by atoms with Crippen LogP contribution in [0.4, 0.5) is 5.69 Å². The molecule has 2 unspecified atom stereocenters. The molecule has 0 aliphatic carbocycles. The lowest BCUT2D eigenvalue weighted by Crippen LogP contribution is -2.46. The van der Waals surface area contributed by atoms with E-state index < -0.39 is 0 Å². The number of nitrogens with zero attached hydrogens (tertiary/aromatic N) is 2. The highest BCUT2D eigenvalue weighted by molar-refractivity contribution is 5.80. The molecule has 2 aliphatic heterocycles. The summed E-state index contributed by atoms with van der Waals surface area (Å²) in [6.45, 7) is 3.73. The number of ether oxygens (including phenoxy) is 1. The Morgan fingerprint density at radius 2 is 1.93 bits per heavy atom. The normalized spacial score (nSPS) is 22.1. The standard InChI is InChI=1S/C22H28N4O/c1-23-22(24-15-17-12-14-27-21-10-6-5-9-20(17)21)25-18-11-13-26(16-18)19-7-3-2-4-8-19/h2-10,17-18H,11-16H2,1H3,(H2,23,24,25). The summed E-state index contributed by atoms with van der Waals surface area (Å²) in [5, 5.41) is 7.12. The summed E-state index contributed by atoms with van der Waals surface area (Å²) in [5.74, 6) is 2.37. The van der Waals surface area contributed by atoms with Crippen LogP contribution in [-0.2, 0) is 0 Å². The van der Waals surface area contributed by atoms with E-state index in [4.69, 9.17) is 4.74 Å². The molecule has 1 fully saturated rings. The van der Waals surface area contributed by atoms with Gasteiger partial charge in [0.05, 0.1) is 6.61 Å². The van der Waals surface area contributed by atoms with Gasteiger partial charge in [0.1, 0.15) is 5.75 Å². The molecule has 2 heterocycles. The molecule has 5 heteroatoms. The Hall–Kier alpha value is -2.69. The summed E-state index contributed by atoms with van der Waals surface area (Å²) in [4.78, 5) is 6.86. The van der Waals surface area contributed by atoms with E-state index in [9.17, 15) is 0 Å². The van der Waals surface area contributed by atoms with Crippen molar-refractivity contribution >= 4 is 11.6 Å². The molecule has 142 valence electrons. The van der Waals surface area contributed by atoms with Crippen LogP contribution in [-0.4, -0.2) is 45.3 Å². The molecule has 2 aliphatic rings. The molecule has 4 rings (SSSR count). The summed E-state index contributed by atoms with van der Waals surface area (Å²) in [6.07, 6.45) is 2.15. The maximum absolute atomic E-state index is 5.77. The molecule has 0 spiro atoms. The number of para-hydroxylation sites is 2. The van der Waals surface area contributed by atoms with Crippen LogP contribution in [0.5, 0.6) is 5.75 Å². The Kier molecular flexibility index (Phi) is 5.47. The summed E-state index contributed by atoms with van der Waals surface area (Å²) in [5.41, 5.74) is 2.59. The highest BCUT2D eigenvalue weighted by Crippen LogP contribution is 2.32. The Morgan fingerprint density at radius 1 is 1.11 bits per heavy atom. The predicted octanol–water partition coefficient (Wildman–Crippen LogP) is 3.00. The van der Waals surface area contributed by atoms with E-state index in [-0.39, 0.29) is 0 Å². The van der Waals surface area contributed by atoms with Gasteiger partial charge in [0, 0.05) is 44.3 Å². The Morgan fingerprint density at radius 3 is 2.78 bits per heavy atom. The monoisotopic (exact) mass is 364 g/mol. The van der Waals surface area contributed by atoms with Gasteiger partial charge >= 0.3 is 0 Å². The molecule has 2 aromatic rings. The number of fused-ring (bicyclic) bond motifs is 1. The van der Waals surface area contributed by atoms with E-state index >= 15 is 0 Å². The molecule has 0 saturated carbocycles. The Bertz CT molecular complexity index is 777. The topological polar surface area (TPSA) is 48.9 Å². The number of rotatable bonds is 4. The van der Waals surface area contributed by atoms with Crippen LogP contribution >= 0.6 is 0 Å². The summed E-state index contributed by atoms with van der Waals surface area (Å²) >= 11 is 0. The van der Waals surface area contributed by atoms with Crippen molar-refractivity contribution in [3.05, 3.63) is 60.2 Å². The maximum Gasteiger partial charge on any atom is 0.191 e. The smallest absolute Gasteiger partial charge is 0.191 e. The van der Waals surface area contributed by atoms with Crippen LogP contribution in [0.3, 0.4) is 0 Å². The first-order valence-corrected chi connectivity index (χ1v) is 9.82. The number of hydrogen-bond donors (Lipinski definition) is 2. The van der Waals surface area contributed by atoms with Crippen LogP contribution in [0.1, 0.15) is 24.3 Å². The molecule has 2 N–H and O–H groups in total. The second kappa shape index (κ2) is 8.33. The van der Waals surface area contributed by atoms with E-state index in [0.29, 0.717) is 12.0 Å². The summed E-state index contributed by atoms with van der Waals surface area (Å²) in [6, 6.07) is 19.4. The quantitative estimate of drug-likeness (QED) is 0.647. The van der Waals surface area contributed by atoms with Gasteiger partial charge in [-0.3, -0.25) is 4.99 Å². The van der Waals surface area contributed by atoms with Crippen molar-refractivity contribution in [3.63, 3.8) is 0 Å². The van der Waals surface area contributed by atoms with Crippen LogP contribution in [0.15, 0.2) is 59.6 Å². The van der Waals surface area contributed by atoms with E-state index in [1.807, 2.05) is 13.1 Å². The molecular weight excluding hydrogens is 336 g/mol. The Labute approximate surface area is 161 Å².